The number of benzene rings is 8. The number of rotatable bonds is 5. The molecule has 0 atom stereocenters. The summed E-state index contributed by atoms with van der Waals surface area (Å²) in [7, 11) is 0. The predicted octanol–water partition coefficient (Wildman–Crippen LogP) is 13.6. The summed E-state index contributed by atoms with van der Waals surface area (Å²) in [5.74, 6) is 0.697. The SMILES string of the molecule is c1ccc(-c2cc(-c3cccc(-n4c5ccccc5c5c6oc7ccc(-n8c9ccccc9c9ccccc98)cc7c6ccc54)c3)nc(-c3ccccc3)n2)cc1. The summed E-state index contributed by atoms with van der Waals surface area (Å²) in [6.07, 6.45) is 0. The van der Waals surface area contributed by atoms with Crippen LogP contribution < -0.4 is 0 Å². The molecule has 0 saturated carbocycles. The van der Waals surface area contributed by atoms with Crippen LogP contribution in [0.1, 0.15) is 0 Å². The van der Waals surface area contributed by atoms with Crippen molar-refractivity contribution in [1.29, 1.82) is 0 Å². The third-order valence-corrected chi connectivity index (χ3v) is 11.3. The molecule has 4 aromatic heterocycles. The van der Waals surface area contributed by atoms with Crippen LogP contribution in [0.25, 0.3) is 111 Å². The fraction of sp³-hybridized carbons (Fsp3) is 0. The van der Waals surface area contributed by atoms with Gasteiger partial charge in [-0.1, -0.05) is 127 Å². The lowest BCUT2D eigenvalue weighted by Crippen LogP contribution is -1.97. The number of fused-ring (bicyclic) bond motifs is 10. The second-order valence-electron chi connectivity index (χ2n) is 14.6. The van der Waals surface area contributed by atoms with Crippen LogP contribution in [0, 0.1) is 0 Å². The van der Waals surface area contributed by atoms with Gasteiger partial charge in [-0.2, -0.15) is 0 Å². The third-order valence-electron chi connectivity index (χ3n) is 11.3. The minimum atomic E-state index is 0.697. The number of aromatic nitrogens is 4. The molecule has 0 aliphatic heterocycles. The van der Waals surface area contributed by atoms with Crippen molar-refractivity contribution in [2.75, 3.05) is 0 Å². The highest BCUT2D eigenvalue weighted by atomic mass is 16.3. The summed E-state index contributed by atoms with van der Waals surface area (Å²) >= 11 is 0. The topological polar surface area (TPSA) is 48.8 Å². The summed E-state index contributed by atoms with van der Waals surface area (Å²) in [5, 5.41) is 6.93. The first-order valence-corrected chi connectivity index (χ1v) is 19.2. The molecule has 266 valence electrons. The summed E-state index contributed by atoms with van der Waals surface area (Å²) < 4.78 is 11.5. The molecular formula is C52H32N4O. The Morgan fingerprint density at radius 1 is 0.351 bits per heavy atom. The van der Waals surface area contributed by atoms with E-state index in [-0.39, 0.29) is 0 Å². The Hall–Kier alpha value is -7.76. The molecule has 12 aromatic rings. The summed E-state index contributed by atoms with van der Waals surface area (Å²) in [4.78, 5) is 10.2. The smallest absolute Gasteiger partial charge is 0.160 e. The Kier molecular flexibility index (Phi) is 6.86. The average molecular weight is 729 g/mol. The van der Waals surface area contributed by atoms with Gasteiger partial charge in [0.15, 0.2) is 5.82 Å². The Balaban J connectivity index is 1.04. The van der Waals surface area contributed by atoms with E-state index in [2.05, 4.69) is 167 Å². The van der Waals surface area contributed by atoms with Crippen molar-refractivity contribution in [3.05, 3.63) is 194 Å². The maximum Gasteiger partial charge on any atom is 0.160 e. The number of para-hydroxylation sites is 3. The van der Waals surface area contributed by atoms with Gasteiger partial charge in [0.05, 0.1) is 38.8 Å². The van der Waals surface area contributed by atoms with Crippen LogP contribution in [-0.2, 0) is 0 Å². The van der Waals surface area contributed by atoms with Crippen LogP contribution in [0.4, 0.5) is 0 Å². The van der Waals surface area contributed by atoms with Crippen LogP contribution >= 0.6 is 0 Å². The normalized spacial score (nSPS) is 11.9. The molecule has 0 amide bonds. The molecule has 0 fully saturated rings. The van der Waals surface area contributed by atoms with Crippen LogP contribution in [0.2, 0.25) is 0 Å². The Morgan fingerprint density at radius 2 is 0.912 bits per heavy atom. The fourth-order valence-electron chi connectivity index (χ4n) is 8.76. The first kappa shape index (κ1) is 31.6. The zero-order chi connectivity index (χ0) is 37.5. The monoisotopic (exact) mass is 728 g/mol. The molecule has 0 spiro atoms. The molecule has 0 radical (unpaired) electrons. The first-order valence-electron chi connectivity index (χ1n) is 19.2. The van der Waals surface area contributed by atoms with Gasteiger partial charge in [-0.05, 0) is 66.7 Å². The Bertz CT molecular complexity index is 3410. The maximum atomic E-state index is 6.83. The van der Waals surface area contributed by atoms with E-state index in [1.165, 1.54) is 21.8 Å². The highest BCUT2D eigenvalue weighted by Gasteiger charge is 2.20. The lowest BCUT2D eigenvalue weighted by atomic mass is 10.1. The lowest BCUT2D eigenvalue weighted by molar-refractivity contribution is 0.673. The van der Waals surface area contributed by atoms with Gasteiger partial charge in [-0.25, -0.2) is 9.97 Å². The summed E-state index contributed by atoms with van der Waals surface area (Å²) in [5.41, 5.74) is 13.3. The first-order chi connectivity index (χ1) is 28.3. The van der Waals surface area contributed by atoms with Gasteiger partial charge in [0, 0.05) is 55.0 Å². The van der Waals surface area contributed by atoms with E-state index in [4.69, 9.17) is 14.4 Å². The van der Waals surface area contributed by atoms with Gasteiger partial charge in [0.1, 0.15) is 11.2 Å². The molecule has 0 N–H and O–H groups in total. The van der Waals surface area contributed by atoms with E-state index < -0.39 is 0 Å². The van der Waals surface area contributed by atoms with Gasteiger partial charge in [0.2, 0.25) is 0 Å². The number of hydrogen-bond donors (Lipinski definition) is 0. The van der Waals surface area contributed by atoms with E-state index in [9.17, 15) is 0 Å². The molecular weight excluding hydrogens is 697 g/mol. The summed E-state index contributed by atoms with van der Waals surface area (Å²) in [6.45, 7) is 0. The van der Waals surface area contributed by atoms with Crippen molar-refractivity contribution in [3.8, 4) is 45.3 Å². The second-order valence-corrected chi connectivity index (χ2v) is 14.6. The van der Waals surface area contributed by atoms with Crippen molar-refractivity contribution >= 4 is 65.6 Å². The third kappa shape index (κ3) is 4.89. The zero-order valence-corrected chi connectivity index (χ0v) is 30.7. The predicted molar refractivity (Wildman–Crippen MR) is 234 cm³/mol. The van der Waals surface area contributed by atoms with Crippen molar-refractivity contribution in [3.63, 3.8) is 0 Å². The molecule has 57 heavy (non-hydrogen) atoms. The molecule has 4 heterocycles. The van der Waals surface area contributed by atoms with E-state index in [1.54, 1.807) is 0 Å². The Morgan fingerprint density at radius 3 is 1.63 bits per heavy atom. The highest BCUT2D eigenvalue weighted by Crippen LogP contribution is 2.42. The largest absolute Gasteiger partial charge is 0.455 e. The number of hydrogen-bond acceptors (Lipinski definition) is 3. The maximum absolute atomic E-state index is 6.83. The molecule has 0 aliphatic carbocycles. The van der Waals surface area contributed by atoms with E-state index in [0.717, 1.165) is 83.2 Å². The molecule has 12 rings (SSSR count). The molecule has 0 bridgehead atoms. The highest BCUT2D eigenvalue weighted by molar-refractivity contribution is 6.24. The summed E-state index contributed by atoms with van der Waals surface area (Å²) in [6, 6.07) is 68.2. The van der Waals surface area contributed by atoms with Gasteiger partial charge < -0.3 is 13.6 Å². The van der Waals surface area contributed by atoms with Crippen molar-refractivity contribution in [2.24, 2.45) is 0 Å². The standard InChI is InChI=1S/C52H32N4O/c1-3-14-33(15-4-1)43-32-44(54-52(53-43)34-16-5-2-6-17-34)35-18-13-19-36(30-35)56-47-25-12-9-22-41(47)50-48(56)28-27-40-42-31-37(26-29-49(42)57-51(40)50)55-45-23-10-7-20-38(45)39-21-8-11-24-46(39)55/h1-32H. The molecule has 8 aromatic carbocycles. The average Bonchev–Trinajstić information content (AvgIpc) is 3.94. The fourth-order valence-corrected chi connectivity index (χ4v) is 8.76. The minimum absolute atomic E-state index is 0.697. The molecule has 0 unspecified atom stereocenters. The molecule has 5 heteroatoms. The van der Waals surface area contributed by atoms with Gasteiger partial charge in [0.25, 0.3) is 0 Å². The lowest BCUT2D eigenvalue weighted by Gasteiger charge is -2.12. The molecule has 0 saturated heterocycles. The van der Waals surface area contributed by atoms with Gasteiger partial charge >= 0.3 is 0 Å². The van der Waals surface area contributed by atoms with Gasteiger partial charge in [-0.15, -0.1) is 0 Å². The van der Waals surface area contributed by atoms with Crippen molar-refractivity contribution in [1.82, 2.24) is 19.1 Å². The van der Waals surface area contributed by atoms with Crippen molar-refractivity contribution in [2.45, 2.75) is 0 Å². The van der Waals surface area contributed by atoms with E-state index in [0.29, 0.717) is 5.82 Å². The zero-order valence-electron chi connectivity index (χ0n) is 30.7. The quantitative estimate of drug-likeness (QED) is 0.177. The number of furan rings is 1. The Labute approximate surface area is 327 Å². The van der Waals surface area contributed by atoms with Crippen LogP contribution in [0.5, 0.6) is 0 Å². The second kappa shape index (κ2) is 12.4. The van der Waals surface area contributed by atoms with Crippen molar-refractivity contribution < 1.29 is 4.42 Å². The van der Waals surface area contributed by atoms with Crippen LogP contribution in [0.15, 0.2) is 199 Å². The van der Waals surface area contributed by atoms with E-state index >= 15 is 0 Å². The minimum Gasteiger partial charge on any atom is -0.455 e. The van der Waals surface area contributed by atoms with Crippen LogP contribution in [-0.4, -0.2) is 19.1 Å². The number of nitrogens with zero attached hydrogens (tertiary/aromatic N) is 4. The molecule has 0 aliphatic rings. The van der Waals surface area contributed by atoms with Gasteiger partial charge in [-0.3, -0.25) is 0 Å². The molecule has 5 nitrogen and oxygen atoms in total. The van der Waals surface area contributed by atoms with Crippen LogP contribution in [0.3, 0.4) is 0 Å². The van der Waals surface area contributed by atoms with E-state index in [1.807, 2.05) is 36.4 Å².